The van der Waals surface area contributed by atoms with Gasteiger partial charge in [0.1, 0.15) is 6.61 Å². The third kappa shape index (κ3) is 3.41. The Balaban J connectivity index is 2.61. The summed E-state index contributed by atoms with van der Waals surface area (Å²) in [5.41, 5.74) is 2.81. The fourth-order valence-electron chi connectivity index (χ4n) is 1.72. The number of Topliss-reactive ketones (excluding diaryl/α,β-unsaturated/α-hetero) is 1. The molecule has 1 atom stereocenters. The molecule has 0 amide bonds. The number of ether oxygens (including phenoxy) is 2. The molecular weight excluding hydrogens is 218 g/mol. The summed E-state index contributed by atoms with van der Waals surface area (Å²) in [5.74, 6) is 0.0224. The fourth-order valence-corrected chi connectivity index (χ4v) is 1.72. The summed E-state index contributed by atoms with van der Waals surface area (Å²) in [4.78, 5) is 12.0. The minimum Gasteiger partial charge on any atom is -0.382 e. The summed E-state index contributed by atoms with van der Waals surface area (Å²) in [5, 5.41) is 0. The van der Waals surface area contributed by atoms with E-state index in [1.54, 1.807) is 7.11 Å². The van der Waals surface area contributed by atoms with Crippen LogP contribution < -0.4 is 0 Å². The zero-order valence-electron chi connectivity index (χ0n) is 11.2. The zero-order valence-corrected chi connectivity index (χ0v) is 11.2. The van der Waals surface area contributed by atoms with Gasteiger partial charge in [0.25, 0.3) is 0 Å². The van der Waals surface area contributed by atoms with E-state index in [1.807, 2.05) is 38.5 Å². The number of carbonyl (C=O) groups is 1. The lowest BCUT2D eigenvalue weighted by atomic mass is 10.1. The second kappa shape index (κ2) is 5.98. The second-order valence-electron chi connectivity index (χ2n) is 4.34. The summed E-state index contributed by atoms with van der Waals surface area (Å²) in [6.45, 7) is 6.42. The predicted octanol–water partition coefficient (Wildman–Crippen LogP) is 1.88. The Kier molecular flexibility index (Phi) is 4.90. The molecule has 0 aliphatic heterocycles. The van der Waals surface area contributed by atoms with Crippen LogP contribution in [0.4, 0.5) is 0 Å². The molecule has 0 aromatic carbocycles. The Labute approximate surface area is 103 Å². The summed E-state index contributed by atoms with van der Waals surface area (Å²) in [7, 11) is 3.57. The first kappa shape index (κ1) is 13.9. The molecule has 0 fully saturated rings. The van der Waals surface area contributed by atoms with Gasteiger partial charge in [0.2, 0.25) is 0 Å². The first-order valence-corrected chi connectivity index (χ1v) is 5.74. The van der Waals surface area contributed by atoms with Gasteiger partial charge in [-0.05, 0) is 26.8 Å². The minimum absolute atomic E-state index is 0.0224. The van der Waals surface area contributed by atoms with Crippen LogP contribution in [0.2, 0.25) is 0 Å². The number of rotatable bonds is 6. The quantitative estimate of drug-likeness (QED) is 0.712. The van der Waals surface area contributed by atoms with Crippen LogP contribution in [-0.4, -0.2) is 36.8 Å². The molecule has 0 spiro atoms. The lowest BCUT2D eigenvalue weighted by Crippen LogP contribution is -2.20. The van der Waals surface area contributed by atoms with Gasteiger partial charge in [0.15, 0.2) is 5.78 Å². The highest BCUT2D eigenvalue weighted by Crippen LogP contribution is 2.14. The molecule has 4 heteroatoms. The van der Waals surface area contributed by atoms with E-state index in [2.05, 4.69) is 0 Å². The number of hydrogen-bond acceptors (Lipinski definition) is 3. The molecule has 4 nitrogen and oxygen atoms in total. The third-order valence-electron chi connectivity index (χ3n) is 2.98. The molecule has 0 N–H and O–H groups in total. The average molecular weight is 239 g/mol. The van der Waals surface area contributed by atoms with Crippen molar-refractivity contribution in [2.24, 2.45) is 7.05 Å². The maximum absolute atomic E-state index is 12.0. The SMILES string of the molecule is COCC(C)OCC(=O)c1cc(C)n(C)c1C. The van der Waals surface area contributed by atoms with Crippen molar-refractivity contribution >= 4 is 5.78 Å². The van der Waals surface area contributed by atoms with Crippen LogP contribution in [-0.2, 0) is 16.5 Å². The number of nitrogens with zero attached hydrogens (tertiary/aromatic N) is 1. The van der Waals surface area contributed by atoms with E-state index < -0.39 is 0 Å². The standard InChI is InChI=1S/C13H21NO3/c1-9-6-12(11(3)14(9)4)13(15)8-17-10(2)7-16-5/h6,10H,7-8H2,1-5H3. The van der Waals surface area contributed by atoms with Gasteiger partial charge >= 0.3 is 0 Å². The number of aryl methyl sites for hydroxylation is 1. The van der Waals surface area contributed by atoms with Gasteiger partial charge in [-0.2, -0.15) is 0 Å². The van der Waals surface area contributed by atoms with E-state index in [9.17, 15) is 4.79 Å². The normalized spacial score (nSPS) is 12.8. The number of hydrogen-bond donors (Lipinski definition) is 0. The molecular formula is C13H21NO3. The first-order chi connectivity index (χ1) is 7.97. The molecule has 96 valence electrons. The van der Waals surface area contributed by atoms with E-state index in [1.165, 1.54) is 0 Å². The zero-order chi connectivity index (χ0) is 13.0. The Morgan fingerprint density at radius 2 is 2.12 bits per heavy atom. The first-order valence-electron chi connectivity index (χ1n) is 5.74. The summed E-state index contributed by atoms with van der Waals surface area (Å²) in [6.07, 6.45) is -0.0611. The van der Waals surface area contributed by atoms with E-state index in [0.717, 1.165) is 17.0 Å². The van der Waals surface area contributed by atoms with E-state index in [-0.39, 0.29) is 18.5 Å². The van der Waals surface area contributed by atoms with Crippen molar-refractivity contribution < 1.29 is 14.3 Å². The predicted molar refractivity (Wildman–Crippen MR) is 66.5 cm³/mol. The molecule has 0 saturated carbocycles. The van der Waals surface area contributed by atoms with Gasteiger partial charge in [0, 0.05) is 31.1 Å². The van der Waals surface area contributed by atoms with Crippen LogP contribution in [0.25, 0.3) is 0 Å². The van der Waals surface area contributed by atoms with Gasteiger partial charge in [-0.3, -0.25) is 4.79 Å². The smallest absolute Gasteiger partial charge is 0.190 e. The van der Waals surface area contributed by atoms with Gasteiger partial charge in [0.05, 0.1) is 12.7 Å². The topological polar surface area (TPSA) is 40.5 Å². The van der Waals surface area contributed by atoms with Crippen LogP contribution in [0.3, 0.4) is 0 Å². The van der Waals surface area contributed by atoms with Crippen molar-refractivity contribution in [2.45, 2.75) is 26.9 Å². The van der Waals surface area contributed by atoms with Gasteiger partial charge in [-0.15, -0.1) is 0 Å². The van der Waals surface area contributed by atoms with Crippen LogP contribution in [0.5, 0.6) is 0 Å². The number of carbonyl (C=O) groups excluding carboxylic acids is 1. The highest BCUT2D eigenvalue weighted by molar-refractivity contribution is 5.98. The van der Waals surface area contributed by atoms with E-state index in [0.29, 0.717) is 6.61 Å². The molecule has 0 bridgehead atoms. The van der Waals surface area contributed by atoms with Crippen molar-refractivity contribution in [1.29, 1.82) is 0 Å². The third-order valence-corrected chi connectivity index (χ3v) is 2.98. The van der Waals surface area contributed by atoms with Crippen LogP contribution >= 0.6 is 0 Å². The molecule has 1 heterocycles. The number of ketones is 1. The fraction of sp³-hybridized carbons (Fsp3) is 0.615. The molecule has 1 rings (SSSR count). The Bertz CT molecular complexity index is 396. The molecule has 0 aliphatic rings. The highest BCUT2D eigenvalue weighted by atomic mass is 16.5. The van der Waals surface area contributed by atoms with Gasteiger partial charge < -0.3 is 14.0 Å². The van der Waals surface area contributed by atoms with E-state index >= 15 is 0 Å². The Morgan fingerprint density at radius 1 is 1.47 bits per heavy atom. The van der Waals surface area contributed by atoms with Crippen molar-refractivity contribution in [3.05, 3.63) is 23.0 Å². The number of methoxy groups -OCH3 is 1. The lowest BCUT2D eigenvalue weighted by molar-refractivity contribution is 0.0125. The Hall–Kier alpha value is -1.13. The van der Waals surface area contributed by atoms with Crippen molar-refractivity contribution in [3.8, 4) is 0 Å². The average Bonchev–Trinajstić information content (AvgIpc) is 2.54. The number of aromatic nitrogens is 1. The van der Waals surface area contributed by atoms with Crippen LogP contribution in [0.15, 0.2) is 6.07 Å². The van der Waals surface area contributed by atoms with Gasteiger partial charge in [-0.1, -0.05) is 0 Å². The lowest BCUT2D eigenvalue weighted by Gasteiger charge is -2.11. The summed E-state index contributed by atoms with van der Waals surface area (Å²) in [6, 6.07) is 1.90. The highest BCUT2D eigenvalue weighted by Gasteiger charge is 2.15. The maximum atomic E-state index is 12.0. The molecule has 1 aromatic heterocycles. The monoisotopic (exact) mass is 239 g/mol. The van der Waals surface area contributed by atoms with Crippen LogP contribution in [0, 0.1) is 13.8 Å². The summed E-state index contributed by atoms with van der Waals surface area (Å²) < 4.78 is 12.4. The maximum Gasteiger partial charge on any atom is 0.190 e. The Morgan fingerprint density at radius 3 is 2.59 bits per heavy atom. The molecule has 0 saturated heterocycles. The molecule has 0 radical (unpaired) electrons. The molecule has 1 aromatic rings. The van der Waals surface area contributed by atoms with Crippen molar-refractivity contribution in [1.82, 2.24) is 4.57 Å². The largest absolute Gasteiger partial charge is 0.382 e. The van der Waals surface area contributed by atoms with E-state index in [4.69, 9.17) is 9.47 Å². The minimum atomic E-state index is -0.0611. The summed E-state index contributed by atoms with van der Waals surface area (Å²) >= 11 is 0. The molecule has 1 unspecified atom stereocenters. The molecule has 0 aliphatic carbocycles. The van der Waals surface area contributed by atoms with Gasteiger partial charge in [-0.25, -0.2) is 0 Å². The van der Waals surface area contributed by atoms with Crippen molar-refractivity contribution in [2.75, 3.05) is 20.3 Å². The second-order valence-corrected chi connectivity index (χ2v) is 4.34. The van der Waals surface area contributed by atoms with Crippen LogP contribution in [0.1, 0.15) is 28.7 Å². The van der Waals surface area contributed by atoms with Crippen molar-refractivity contribution in [3.63, 3.8) is 0 Å². The molecule has 17 heavy (non-hydrogen) atoms.